The maximum atomic E-state index is 13.0. The maximum Gasteiger partial charge on any atom is 0.123 e. The third kappa shape index (κ3) is 4.27. The second-order valence-corrected chi connectivity index (χ2v) is 5.65. The summed E-state index contributed by atoms with van der Waals surface area (Å²) >= 11 is 0. The molecule has 0 bridgehead atoms. The molecule has 1 heterocycles. The van der Waals surface area contributed by atoms with Gasteiger partial charge in [0, 0.05) is 12.6 Å². The van der Waals surface area contributed by atoms with Crippen molar-refractivity contribution in [1.29, 1.82) is 0 Å². The molecule has 1 aliphatic rings. The van der Waals surface area contributed by atoms with Crippen LogP contribution in [0.5, 0.6) is 0 Å². The highest BCUT2D eigenvalue weighted by Crippen LogP contribution is 2.20. The molecule has 0 aromatic heterocycles. The molecular weight excluding hydrogens is 255 g/mol. The van der Waals surface area contributed by atoms with Gasteiger partial charge in [0.15, 0.2) is 0 Å². The van der Waals surface area contributed by atoms with Gasteiger partial charge < -0.3 is 15.3 Å². The number of aliphatic hydroxyl groups excluding tert-OH is 1. The molecule has 1 atom stereocenters. The molecule has 0 aliphatic carbocycles. The molecule has 0 amide bonds. The Labute approximate surface area is 120 Å². The Bertz CT molecular complexity index is 388. The molecule has 1 unspecified atom stereocenters. The molecule has 2 N–H and O–H groups in total. The zero-order chi connectivity index (χ0) is 14.4. The monoisotopic (exact) mass is 280 g/mol. The molecular formula is C16H25FN2O. The van der Waals surface area contributed by atoms with Crippen molar-refractivity contribution in [2.24, 2.45) is 5.92 Å². The zero-order valence-corrected chi connectivity index (χ0v) is 12.2. The second kappa shape index (κ2) is 7.72. The Kier molecular flexibility index (Phi) is 5.95. The van der Waals surface area contributed by atoms with E-state index < -0.39 is 0 Å². The van der Waals surface area contributed by atoms with Crippen molar-refractivity contribution in [1.82, 2.24) is 10.2 Å². The van der Waals surface area contributed by atoms with Crippen LogP contribution < -0.4 is 5.32 Å². The van der Waals surface area contributed by atoms with E-state index in [1.54, 1.807) is 0 Å². The quantitative estimate of drug-likeness (QED) is 0.838. The summed E-state index contributed by atoms with van der Waals surface area (Å²) in [5.41, 5.74) is 1.14. The minimum Gasteiger partial charge on any atom is -0.396 e. The Morgan fingerprint density at radius 2 is 1.95 bits per heavy atom. The van der Waals surface area contributed by atoms with Crippen molar-refractivity contribution in [3.63, 3.8) is 0 Å². The molecule has 1 aromatic carbocycles. The first-order valence-corrected chi connectivity index (χ1v) is 7.49. The second-order valence-electron chi connectivity index (χ2n) is 5.65. The third-order valence-electron chi connectivity index (χ3n) is 4.32. The average Bonchev–Trinajstić information content (AvgIpc) is 2.50. The van der Waals surface area contributed by atoms with Crippen LogP contribution in [0, 0.1) is 11.7 Å². The zero-order valence-electron chi connectivity index (χ0n) is 12.2. The average molecular weight is 280 g/mol. The number of rotatable bonds is 6. The molecule has 4 heteroatoms. The SMILES string of the molecule is CNC(CCN1CCC(CO)CC1)c1ccc(F)cc1. The third-order valence-corrected chi connectivity index (χ3v) is 4.32. The summed E-state index contributed by atoms with van der Waals surface area (Å²) in [5.74, 6) is 0.304. The largest absolute Gasteiger partial charge is 0.396 e. The van der Waals surface area contributed by atoms with Gasteiger partial charge >= 0.3 is 0 Å². The summed E-state index contributed by atoms with van der Waals surface area (Å²) in [4.78, 5) is 2.46. The van der Waals surface area contributed by atoms with Crippen LogP contribution in [0.4, 0.5) is 4.39 Å². The standard InChI is InChI=1S/C16H25FN2O/c1-18-16(14-2-4-15(17)5-3-14)8-11-19-9-6-13(12-20)7-10-19/h2-5,13,16,18,20H,6-12H2,1H3. The molecule has 20 heavy (non-hydrogen) atoms. The number of nitrogens with one attached hydrogen (secondary N) is 1. The molecule has 3 nitrogen and oxygen atoms in total. The van der Waals surface area contributed by atoms with Crippen LogP contribution in [0.25, 0.3) is 0 Å². The van der Waals surface area contributed by atoms with Crippen LogP contribution in [0.1, 0.15) is 30.9 Å². The Hall–Kier alpha value is -0.970. The molecule has 112 valence electrons. The predicted octanol–water partition coefficient (Wildman–Crippen LogP) is 2.18. The number of likely N-dealkylation sites (tertiary alicyclic amines) is 1. The number of halogens is 1. The van der Waals surface area contributed by atoms with Crippen molar-refractivity contribution in [2.75, 3.05) is 33.3 Å². The first-order valence-electron chi connectivity index (χ1n) is 7.49. The molecule has 1 fully saturated rings. The lowest BCUT2D eigenvalue weighted by atomic mass is 9.97. The van der Waals surface area contributed by atoms with Gasteiger partial charge in [0.25, 0.3) is 0 Å². The van der Waals surface area contributed by atoms with Crippen LogP contribution in [0.2, 0.25) is 0 Å². The first-order chi connectivity index (χ1) is 9.72. The van der Waals surface area contributed by atoms with E-state index in [1.807, 2.05) is 19.2 Å². The van der Waals surface area contributed by atoms with Crippen molar-refractivity contribution in [2.45, 2.75) is 25.3 Å². The number of aliphatic hydroxyl groups is 1. The molecule has 0 saturated carbocycles. The lowest BCUT2D eigenvalue weighted by Crippen LogP contribution is -2.36. The molecule has 2 rings (SSSR count). The highest BCUT2D eigenvalue weighted by molar-refractivity contribution is 5.19. The van der Waals surface area contributed by atoms with Crippen LogP contribution in [-0.4, -0.2) is 43.3 Å². The molecule has 1 saturated heterocycles. The van der Waals surface area contributed by atoms with Gasteiger partial charge in [-0.15, -0.1) is 0 Å². The lowest BCUT2D eigenvalue weighted by molar-refractivity contribution is 0.128. The van der Waals surface area contributed by atoms with Crippen molar-refractivity contribution < 1.29 is 9.50 Å². The summed E-state index contributed by atoms with van der Waals surface area (Å²) in [6.45, 7) is 3.51. The van der Waals surface area contributed by atoms with E-state index >= 15 is 0 Å². The van der Waals surface area contributed by atoms with E-state index in [-0.39, 0.29) is 11.9 Å². The van der Waals surface area contributed by atoms with Gasteiger partial charge in [0.2, 0.25) is 0 Å². The Balaban J connectivity index is 1.81. The maximum absolute atomic E-state index is 13.0. The number of benzene rings is 1. The van der Waals surface area contributed by atoms with Gasteiger partial charge in [0.1, 0.15) is 5.82 Å². The van der Waals surface area contributed by atoms with E-state index in [2.05, 4.69) is 10.2 Å². The summed E-state index contributed by atoms with van der Waals surface area (Å²) in [5, 5.41) is 12.5. The van der Waals surface area contributed by atoms with Crippen LogP contribution in [-0.2, 0) is 0 Å². The van der Waals surface area contributed by atoms with E-state index in [1.165, 1.54) is 12.1 Å². The molecule has 0 spiro atoms. The van der Waals surface area contributed by atoms with Crippen molar-refractivity contribution in [3.8, 4) is 0 Å². The van der Waals surface area contributed by atoms with Gasteiger partial charge in [-0.05, 0) is 69.6 Å². The fourth-order valence-corrected chi connectivity index (χ4v) is 2.88. The lowest BCUT2D eigenvalue weighted by Gasteiger charge is -2.32. The van der Waals surface area contributed by atoms with Crippen LogP contribution in [0.3, 0.4) is 0 Å². The van der Waals surface area contributed by atoms with E-state index in [0.29, 0.717) is 12.5 Å². The molecule has 1 aliphatic heterocycles. The smallest absolute Gasteiger partial charge is 0.123 e. The predicted molar refractivity (Wildman–Crippen MR) is 79.1 cm³/mol. The number of piperidine rings is 1. The molecule has 0 radical (unpaired) electrons. The van der Waals surface area contributed by atoms with Gasteiger partial charge in [-0.2, -0.15) is 0 Å². The van der Waals surface area contributed by atoms with Crippen LogP contribution >= 0.6 is 0 Å². The topological polar surface area (TPSA) is 35.5 Å². The molecule has 1 aromatic rings. The minimum absolute atomic E-state index is 0.185. The number of nitrogens with zero attached hydrogens (tertiary/aromatic N) is 1. The van der Waals surface area contributed by atoms with Crippen molar-refractivity contribution in [3.05, 3.63) is 35.6 Å². The first kappa shape index (κ1) is 15.4. The Morgan fingerprint density at radius 3 is 2.50 bits per heavy atom. The summed E-state index contributed by atoms with van der Waals surface area (Å²) in [6.07, 6.45) is 3.21. The highest BCUT2D eigenvalue weighted by Gasteiger charge is 2.19. The van der Waals surface area contributed by atoms with E-state index in [9.17, 15) is 4.39 Å². The minimum atomic E-state index is -0.185. The van der Waals surface area contributed by atoms with Gasteiger partial charge in [-0.1, -0.05) is 12.1 Å². The number of hydrogen-bond acceptors (Lipinski definition) is 3. The summed E-state index contributed by atoms with van der Waals surface area (Å²) < 4.78 is 13.0. The number of hydrogen-bond donors (Lipinski definition) is 2. The van der Waals surface area contributed by atoms with E-state index in [0.717, 1.165) is 44.5 Å². The van der Waals surface area contributed by atoms with Gasteiger partial charge in [-0.25, -0.2) is 4.39 Å². The highest BCUT2D eigenvalue weighted by atomic mass is 19.1. The van der Waals surface area contributed by atoms with E-state index in [4.69, 9.17) is 5.11 Å². The fourth-order valence-electron chi connectivity index (χ4n) is 2.88. The van der Waals surface area contributed by atoms with Gasteiger partial charge in [0.05, 0.1) is 0 Å². The summed E-state index contributed by atoms with van der Waals surface area (Å²) in [6, 6.07) is 7.02. The van der Waals surface area contributed by atoms with Crippen molar-refractivity contribution >= 4 is 0 Å². The fraction of sp³-hybridized carbons (Fsp3) is 0.625. The summed E-state index contributed by atoms with van der Waals surface area (Å²) in [7, 11) is 1.95. The normalized spacial score (nSPS) is 19.1. The van der Waals surface area contributed by atoms with Gasteiger partial charge in [-0.3, -0.25) is 0 Å². The Morgan fingerprint density at radius 1 is 1.30 bits per heavy atom. The van der Waals surface area contributed by atoms with Crippen LogP contribution in [0.15, 0.2) is 24.3 Å².